The van der Waals surface area contributed by atoms with Crippen molar-refractivity contribution in [1.29, 1.82) is 0 Å². The van der Waals surface area contributed by atoms with Crippen LogP contribution in [0.1, 0.15) is 33.6 Å². The van der Waals surface area contributed by atoms with Crippen molar-refractivity contribution in [3.63, 3.8) is 0 Å². The number of nitrogens with zero attached hydrogens (tertiary/aromatic N) is 1. The van der Waals surface area contributed by atoms with Gasteiger partial charge in [-0.3, -0.25) is 9.79 Å². The molecular formula is C12H11NOS. The van der Waals surface area contributed by atoms with Crippen molar-refractivity contribution in [2.75, 3.05) is 6.54 Å². The molecule has 1 aliphatic heterocycles. The smallest absolute Gasteiger partial charge is 0.178 e. The molecule has 0 radical (unpaired) electrons. The Bertz CT molecular complexity index is 528. The molecule has 0 amide bonds. The first-order valence-electron chi connectivity index (χ1n) is 5.39. The Balaban J connectivity index is 2.06. The molecule has 2 unspecified atom stereocenters. The third-order valence-electron chi connectivity index (χ3n) is 4.12. The number of hydrogen-bond donors (Lipinski definition) is 0. The monoisotopic (exact) mass is 217 g/mol. The number of hydrogen-bond acceptors (Lipinski definition) is 3. The summed E-state index contributed by atoms with van der Waals surface area (Å²) in [6.07, 6.45) is 1.83. The molecule has 1 aromatic heterocycles. The molecule has 2 heterocycles. The number of aryl methyl sites for hydroxylation is 1. The highest BCUT2D eigenvalue weighted by Crippen LogP contribution is 2.63. The van der Waals surface area contributed by atoms with Gasteiger partial charge in [-0.05, 0) is 35.8 Å². The maximum absolute atomic E-state index is 11.9. The van der Waals surface area contributed by atoms with Gasteiger partial charge in [-0.15, -0.1) is 11.3 Å². The summed E-state index contributed by atoms with van der Waals surface area (Å²) >= 11 is 1.63. The van der Waals surface area contributed by atoms with Gasteiger partial charge in [0.05, 0.1) is 11.3 Å². The summed E-state index contributed by atoms with van der Waals surface area (Å²) in [7, 11) is 0. The molecule has 1 aromatic rings. The van der Waals surface area contributed by atoms with Gasteiger partial charge in [0.2, 0.25) is 0 Å². The standard InChI is InChI=1S/C12H11NOS/c1-6-5-15-11-8(14)2-9-12(10(6)11)3-7(12)4-13-9/h5,7H,2-4H2,1H3. The van der Waals surface area contributed by atoms with Crippen molar-refractivity contribution in [1.82, 2.24) is 0 Å². The van der Waals surface area contributed by atoms with Crippen molar-refractivity contribution in [3.05, 3.63) is 21.4 Å². The van der Waals surface area contributed by atoms with E-state index in [-0.39, 0.29) is 5.41 Å². The van der Waals surface area contributed by atoms with E-state index in [1.54, 1.807) is 11.3 Å². The topological polar surface area (TPSA) is 29.4 Å². The molecule has 3 heteroatoms. The first kappa shape index (κ1) is 8.22. The number of carbonyl (C=O) groups excluding carboxylic acids is 1. The van der Waals surface area contributed by atoms with Crippen LogP contribution in [0.4, 0.5) is 0 Å². The average molecular weight is 217 g/mol. The third kappa shape index (κ3) is 0.750. The van der Waals surface area contributed by atoms with Crippen molar-refractivity contribution in [2.45, 2.75) is 25.2 Å². The molecule has 15 heavy (non-hydrogen) atoms. The molecule has 76 valence electrons. The highest BCUT2D eigenvalue weighted by atomic mass is 32.1. The molecule has 0 saturated heterocycles. The van der Waals surface area contributed by atoms with E-state index in [0.717, 1.165) is 11.4 Å². The van der Waals surface area contributed by atoms with E-state index in [1.165, 1.54) is 23.3 Å². The summed E-state index contributed by atoms with van der Waals surface area (Å²) in [6, 6.07) is 0. The maximum atomic E-state index is 11.9. The molecule has 0 aromatic carbocycles. The molecule has 2 aliphatic carbocycles. The SMILES string of the molecule is Cc1csc2c1C13CC1CN=C3CC2=O. The number of Topliss-reactive ketones (excluding diaryl/α,β-unsaturated/α-hetero) is 1. The van der Waals surface area contributed by atoms with Gasteiger partial charge in [0.25, 0.3) is 0 Å². The Morgan fingerprint density at radius 3 is 3.27 bits per heavy atom. The molecule has 1 fully saturated rings. The van der Waals surface area contributed by atoms with Crippen LogP contribution in [-0.2, 0) is 5.41 Å². The number of carbonyl (C=O) groups is 1. The lowest BCUT2D eigenvalue weighted by atomic mass is 9.80. The summed E-state index contributed by atoms with van der Waals surface area (Å²) in [5.74, 6) is 1.01. The van der Waals surface area contributed by atoms with E-state index in [0.29, 0.717) is 18.1 Å². The van der Waals surface area contributed by atoms with E-state index in [9.17, 15) is 4.79 Å². The minimum Gasteiger partial charge on any atom is -0.293 e. The van der Waals surface area contributed by atoms with Crippen LogP contribution in [0, 0.1) is 12.8 Å². The minimum atomic E-state index is 0.229. The second-order valence-electron chi connectivity index (χ2n) is 4.88. The number of fused-ring (bicyclic) bond motifs is 1. The van der Waals surface area contributed by atoms with Crippen LogP contribution in [0.5, 0.6) is 0 Å². The first-order chi connectivity index (χ1) is 7.23. The van der Waals surface area contributed by atoms with Crippen LogP contribution in [0.2, 0.25) is 0 Å². The van der Waals surface area contributed by atoms with E-state index >= 15 is 0 Å². The van der Waals surface area contributed by atoms with Crippen LogP contribution >= 0.6 is 11.3 Å². The molecular weight excluding hydrogens is 206 g/mol. The Morgan fingerprint density at radius 2 is 2.47 bits per heavy atom. The van der Waals surface area contributed by atoms with Crippen molar-refractivity contribution in [2.24, 2.45) is 10.9 Å². The van der Waals surface area contributed by atoms with Gasteiger partial charge < -0.3 is 0 Å². The van der Waals surface area contributed by atoms with Crippen LogP contribution in [-0.4, -0.2) is 18.0 Å². The Labute approximate surface area is 92.0 Å². The minimum absolute atomic E-state index is 0.229. The second-order valence-corrected chi connectivity index (χ2v) is 5.76. The highest BCUT2D eigenvalue weighted by molar-refractivity contribution is 7.12. The third-order valence-corrected chi connectivity index (χ3v) is 5.26. The van der Waals surface area contributed by atoms with Gasteiger partial charge in [0.15, 0.2) is 5.78 Å². The van der Waals surface area contributed by atoms with E-state index < -0.39 is 0 Å². The Morgan fingerprint density at radius 1 is 1.60 bits per heavy atom. The number of thiophene rings is 1. The van der Waals surface area contributed by atoms with Gasteiger partial charge in [-0.1, -0.05) is 0 Å². The zero-order valence-electron chi connectivity index (χ0n) is 8.54. The highest BCUT2D eigenvalue weighted by Gasteiger charge is 2.65. The number of ketones is 1. The first-order valence-corrected chi connectivity index (χ1v) is 6.27. The van der Waals surface area contributed by atoms with E-state index in [2.05, 4.69) is 17.3 Å². The zero-order valence-corrected chi connectivity index (χ0v) is 9.36. The Hall–Kier alpha value is -0.960. The summed E-state index contributed by atoms with van der Waals surface area (Å²) in [5, 5.41) is 2.13. The van der Waals surface area contributed by atoms with Gasteiger partial charge in [-0.2, -0.15) is 0 Å². The quantitative estimate of drug-likeness (QED) is 0.656. The van der Waals surface area contributed by atoms with Crippen LogP contribution in [0.3, 0.4) is 0 Å². The fraction of sp³-hybridized carbons (Fsp3) is 0.500. The van der Waals surface area contributed by atoms with Crippen LogP contribution in [0.25, 0.3) is 0 Å². The lowest BCUT2D eigenvalue weighted by Gasteiger charge is -2.22. The molecule has 1 saturated carbocycles. The van der Waals surface area contributed by atoms with Crippen LogP contribution in [0.15, 0.2) is 10.4 Å². The summed E-state index contributed by atoms with van der Waals surface area (Å²) in [6.45, 7) is 3.09. The van der Waals surface area contributed by atoms with E-state index in [1.807, 2.05) is 0 Å². The predicted octanol–water partition coefficient (Wildman–Crippen LogP) is 2.36. The zero-order chi connectivity index (χ0) is 10.2. The maximum Gasteiger partial charge on any atom is 0.178 e. The molecule has 1 spiro atoms. The van der Waals surface area contributed by atoms with Gasteiger partial charge >= 0.3 is 0 Å². The van der Waals surface area contributed by atoms with Gasteiger partial charge in [-0.25, -0.2) is 0 Å². The average Bonchev–Trinajstić information content (AvgIpc) is 2.61. The molecule has 2 atom stereocenters. The Kier molecular flexibility index (Phi) is 1.23. The number of aliphatic imine (C=N–C) groups is 1. The number of rotatable bonds is 0. The molecule has 4 rings (SSSR count). The largest absolute Gasteiger partial charge is 0.293 e. The predicted molar refractivity (Wildman–Crippen MR) is 60.1 cm³/mol. The second kappa shape index (κ2) is 2.24. The van der Waals surface area contributed by atoms with Gasteiger partial charge in [0, 0.05) is 17.7 Å². The summed E-state index contributed by atoms with van der Waals surface area (Å²) in [5.41, 5.74) is 4.06. The normalized spacial score (nSPS) is 35.7. The summed E-state index contributed by atoms with van der Waals surface area (Å²) < 4.78 is 0. The van der Waals surface area contributed by atoms with Crippen LogP contribution < -0.4 is 0 Å². The van der Waals surface area contributed by atoms with Crippen molar-refractivity contribution in [3.8, 4) is 0 Å². The lowest BCUT2D eigenvalue weighted by Crippen LogP contribution is -2.29. The van der Waals surface area contributed by atoms with Gasteiger partial charge in [0.1, 0.15) is 0 Å². The molecule has 0 bridgehead atoms. The fourth-order valence-corrected chi connectivity index (χ4v) is 4.44. The van der Waals surface area contributed by atoms with Crippen molar-refractivity contribution >= 4 is 22.8 Å². The molecule has 2 nitrogen and oxygen atoms in total. The lowest BCUT2D eigenvalue weighted by molar-refractivity contribution is 0.0999. The molecule has 3 aliphatic rings. The molecule has 0 N–H and O–H groups in total. The fourth-order valence-electron chi connectivity index (χ4n) is 3.37. The summed E-state index contributed by atoms with van der Waals surface area (Å²) in [4.78, 5) is 17.5. The van der Waals surface area contributed by atoms with Crippen molar-refractivity contribution < 1.29 is 4.79 Å². The van der Waals surface area contributed by atoms with E-state index in [4.69, 9.17) is 0 Å².